The summed E-state index contributed by atoms with van der Waals surface area (Å²) >= 11 is 0. The van der Waals surface area contributed by atoms with Gasteiger partial charge in [0, 0.05) is 37.9 Å². The van der Waals surface area contributed by atoms with Gasteiger partial charge in [0.15, 0.2) is 0 Å². The molecule has 6 nitrogen and oxygen atoms in total. The van der Waals surface area contributed by atoms with Crippen molar-refractivity contribution in [2.75, 3.05) is 44.3 Å². The number of aryl methyl sites for hydroxylation is 3. The van der Waals surface area contributed by atoms with Crippen LogP contribution in [-0.2, 0) is 10.0 Å². The third-order valence-electron chi connectivity index (χ3n) is 5.33. The first-order valence-electron chi connectivity index (χ1n) is 10.5. The molecule has 0 N–H and O–H groups in total. The summed E-state index contributed by atoms with van der Waals surface area (Å²) in [6.07, 6.45) is 0. The molecule has 7 heteroatoms. The number of hydrogen-bond acceptors (Lipinski definition) is 5. The van der Waals surface area contributed by atoms with Gasteiger partial charge in [0.1, 0.15) is 16.4 Å². The van der Waals surface area contributed by atoms with Gasteiger partial charge >= 0.3 is 0 Å². The third-order valence-corrected chi connectivity index (χ3v) is 7.25. The Kier molecular flexibility index (Phi) is 6.93. The molecule has 0 atom stereocenters. The smallest absolute Gasteiger partial charge is 0.247 e. The lowest BCUT2D eigenvalue weighted by Crippen LogP contribution is -2.49. The molecule has 2 aromatic rings. The van der Waals surface area contributed by atoms with Crippen molar-refractivity contribution < 1.29 is 17.9 Å². The van der Waals surface area contributed by atoms with Gasteiger partial charge in [-0.05, 0) is 57.9 Å². The van der Waals surface area contributed by atoms with E-state index in [2.05, 4.69) is 37.8 Å². The molecule has 1 aliphatic heterocycles. The molecule has 2 aromatic carbocycles. The second-order valence-corrected chi connectivity index (χ2v) is 9.52. The van der Waals surface area contributed by atoms with Crippen molar-refractivity contribution in [3.05, 3.63) is 47.0 Å². The molecule has 0 unspecified atom stereocenters. The monoisotopic (exact) mass is 432 g/mol. The number of hydrogen-bond donors (Lipinski definition) is 0. The first-order valence-corrected chi connectivity index (χ1v) is 11.9. The van der Waals surface area contributed by atoms with Crippen LogP contribution in [0.15, 0.2) is 35.2 Å². The molecule has 0 aliphatic carbocycles. The van der Waals surface area contributed by atoms with Crippen LogP contribution in [0.1, 0.15) is 30.5 Å². The van der Waals surface area contributed by atoms with Gasteiger partial charge in [-0.2, -0.15) is 4.31 Å². The van der Waals surface area contributed by atoms with E-state index in [0.717, 1.165) is 0 Å². The van der Waals surface area contributed by atoms with E-state index < -0.39 is 10.0 Å². The van der Waals surface area contributed by atoms with E-state index >= 15 is 0 Å². The SMILES string of the molecule is CCOc1ccc(OCC)c(S(=O)(=O)N2CCN(c3c(C)cc(C)cc3C)CC2)c1. The molecule has 1 aliphatic rings. The van der Waals surface area contributed by atoms with Crippen LogP contribution in [0.3, 0.4) is 0 Å². The third kappa shape index (κ3) is 4.57. The number of nitrogens with zero attached hydrogens (tertiary/aromatic N) is 2. The molecule has 0 saturated carbocycles. The lowest BCUT2D eigenvalue weighted by molar-refractivity contribution is 0.319. The lowest BCUT2D eigenvalue weighted by Gasteiger charge is -2.37. The normalized spacial score (nSPS) is 15.3. The van der Waals surface area contributed by atoms with Crippen LogP contribution in [0.4, 0.5) is 5.69 Å². The van der Waals surface area contributed by atoms with E-state index in [0.29, 0.717) is 50.9 Å². The number of benzene rings is 2. The van der Waals surface area contributed by atoms with Crippen LogP contribution < -0.4 is 14.4 Å². The molecule has 1 heterocycles. The summed E-state index contributed by atoms with van der Waals surface area (Å²) in [6, 6.07) is 9.35. The number of rotatable bonds is 7. The Morgan fingerprint density at radius 2 is 1.47 bits per heavy atom. The second kappa shape index (κ2) is 9.27. The molecule has 3 rings (SSSR count). The Labute approximate surface area is 180 Å². The number of anilines is 1. The molecule has 0 spiro atoms. The fourth-order valence-electron chi connectivity index (χ4n) is 4.18. The average molecular weight is 433 g/mol. The van der Waals surface area contributed by atoms with E-state index in [9.17, 15) is 8.42 Å². The van der Waals surface area contributed by atoms with E-state index in [1.54, 1.807) is 22.5 Å². The first-order chi connectivity index (χ1) is 14.3. The zero-order valence-corrected chi connectivity index (χ0v) is 19.4. The highest BCUT2D eigenvalue weighted by Crippen LogP contribution is 2.33. The molecule has 30 heavy (non-hydrogen) atoms. The van der Waals surface area contributed by atoms with Crippen LogP contribution in [0.25, 0.3) is 0 Å². The zero-order chi connectivity index (χ0) is 21.9. The second-order valence-electron chi connectivity index (χ2n) is 7.61. The van der Waals surface area contributed by atoms with Gasteiger partial charge in [0.2, 0.25) is 10.0 Å². The summed E-state index contributed by atoms with van der Waals surface area (Å²) in [7, 11) is -3.69. The Balaban J connectivity index is 1.84. The highest BCUT2D eigenvalue weighted by molar-refractivity contribution is 7.89. The van der Waals surface area contributed by atoms with Crippen molar-refractivity contribution in [1.82, 2.24) is 4.31 Å². The Bertz CT molecular complexity index is 973. The summed E-state index contributed by atoms with van der Waals surface area (Å²) in [4.78, 5) is 2.46. The first kappa shape index (κ1) is 22.4. The summed E-state index contributed by atoms with van der Waals surface area (Å²) in [5.74, 6) is 0.901. The summed E-state index contributed by atoms with van der Waals surface area (Å²) < 4.78 is 39.6. The van der Waals surface area contributed by atoms with E-state index in [1.807, 2.05) is 13.8 Å². The van der Waals surface area contributed by atoms with Gasteiger partial charge in [-0.15, -0.1) is 0 Å². The van der Waals surface area contributed by atoms with Crippen LogP contribution in [0.2, 0.25) is 0 Å². The van der Waals surface area contributed by atoms with Gasteiger partial charge in [-0.1, -0.05) is 17.7 Å². The van der Waals surface area contributed by atoms with Crippen molar-refractivity contribution in [3.8, 4) is 11.5 Å². The van der Waals surface area contributed by atoms with Crippen LogP contribution >= 0.6 is 0 Å². The molecule has 0 amide bonds. The largest absolute Gasteiger partial charge is 0.494 e. The number of sulfonamides is 1. The van der Waals surface area contributed by atoms with Gasteiger partial charge in [0.25, 0.3) is 0 Å². The maximum absolute atomic E-state index is 13.4. The van der Waals surface area contributed by atoms with Gasteiger partial charge in [0.05, 0.1) is 13.2 Å². The lowest BCUT2D eigenvalue weighted by atomic mass is 10.0. The van der Waals surface area contributed by atoms with Crippen molar-refractivity contribution in [3.63, 3.8) is 0 Å². The van der Waals surface area contributed by atoms with E-state index in [-0.39, 0.29) is 4.90 Å². The number of piperazine rings is 1. The fraction of sp³-hybridized carbons (Fsp3) is 0.478. The van der Waals surface area contributed by atoms with Crippen molar-refractivity contribution >= 4 is 15.7 Å². The van der Waals surface area contributed by atoms with Crippen LogP contribution in [0, 0.1) is 20.8 Å². The minimum Gasteiger partial charge on any atom is -0.494 e. The van der Waals surface area contributed by atoms with E-state index in [4.69, 9.17) is 9.47 Å². The molecule has 0 bridgehead atoms. The maximum atomic E-state index is 13.4. The van der Waals surface area contributed by atoms with E-state index in [1.165, 1.54) is 22.4 Å². The van der Waals surface area contributed by atoms with Gasteiger partial charge in [-0.3, -0.25) is 0 Å². The Morgan fingerprint density at radius 3 is 2.03 bits per heavy atom. The van der Waals surface area contributed by atoms with Crippen molar-refractivity contribution in [2.24, 2.45) is 0 Å². The van der Waals surface area contributed by atoms with Crippen molar-refractivity contribution in [2.45, 2.75) is 39.5 Å². The molecular weight excluding hydrogens is 400 g/mol. The quantitative estimate of drug-likeness (QED) is 0.664. The summed E-state index contributed by atoms with van der Waals surface area (Å²) in [6.45, 7) is 13.1. The molecule has 0 aromatic heterocycles. The molecule has 1 fully saturated rings. The molecule has 0 radical (unpaired) electrons. The summed E-state index contributed by atoms with van der Waals surface area (Å²) in [5.41, 5.74) is 4.91. The minimum absolute atomic E-state index is 0.173. The van der Waals surface area contributed by atoms with Gasteiger partial charge < -0.3 is 14.4 Å². The molecule has 164 valence electrons. The zero-order valence-electron chi connectivity index (χ0n) is 18.6. The van der Waals surface area contributed by atoms with Crippen molar-refractivity contribution in [1.29, 1.82) is 0 Å². The topological polar surface area (TPSA) is 59.1 Å². The Morgan fingerprint density at radius 1 is 0.867 bits per heavy atom. The predicted molar refractivity (Wildman–Crippen MR) is 120 cm³/mol. The summed E-state index contributed by atoms with van der Waals surface area (Å²) in [5, 5.41) is 0. The average Bonchev–Trinajstić information content (AvgIpc) is 2.69. The molecular formula is C23H32N2O4S. The maximum Gasteiger partial charge on any atom is 0.247 e. The highest BCUT2D eigenvalue weighted by Gasteiger charge is 2.32. The highest BCUT2D eigenvalue weighted by atomic mass is 32.2. The standard InChI is InChI=1S/C23H32N2O4S/c1-6-28-20-8-9-21(29-7-2)22(16-20)30(26,27)25-12-10-24(11-13-25)23-18(4)14-17(3)15-19(23)5/h8-9,14-16H,6-7,10-13H2,1-5H3. The number of ether oxygens (including phenoxy) is 2. The minimum atomic E-state index is -3.69. The van der Waals surface area contributed by atoms with Crippen LogP contribution in [-0.4, -0.2) is 52.1 Å². The predicted octanol–water partition coefficient (Wildman–Crippen LogP) is 3.92. The fourth-order valence-corrected chi connectivity index (χ4v) is 5.75. The molecule has 1 saturated heterocycles. The van der Waals surface area contributed by atoms with Crippen LogP contribution in [0.5, 0.6) is 11.5 Å². The Hall–Kier alpha value is -2.25. The van der Waals surface area contributed by atoms with Gasteiger partial charge in [-0.25, -0.2) is 8.42 Å².